The van der Waals surface area contributed by atoms with Crippen molar-refractivity contribution in [2.75, 3.05) is 6.54 Å². The van der Waals surface area contributed by atoms with E-state index in [2.05, 4.69) is 17.4 Å². The van der Waals surface area contributed by atoms with Crippen molar-refractivity contribution >= 4 is 0 Å². The highest BCUT2D eigenvalue weighted by molar-refractivity contribution is 5.37. The lowest BCUT2D eigenvalue weighted by Crippen LogP contribution is -2.29. The van der Waals surface area contributed by atoms with E-state index in [9.17, 15) is 4.39 Å². The molecular weight excluding hydrogens is 341 g/mol. The molecule has 0 radical (unpaired) electrons. The van der Waals surface area contributed by atoms with E-state index in [-0.39, 0.29) is 11.9 Å². The zero-order valence-corrected chi connectivity index (χ0v) is 15.0. The predicted molar refractivity (Wildman–Crippen MR) is 103 cm³/mol. The van der Waals surface area contributed by atoms with Crippen LogP contribution in [-0.2, 0) is 19.6 Å². The molecule has 0 saturated carbocycles. The minimum absolute atomic E-state index is 0.191. The highest BCUT2D eigenvalue weighted by Gasteiger charge is 2.21. The summed E-state index contributed by atoms with van der Waals surface area (Å²) in [6.45, 7) is 1.95. The lowest BCUT2D eigenvalue weighted by atomic mass is 10.1. The molecule has 1 aliphatic rings. The van der Waals surface area contributed by atoms with Crippen LogP contribution in [0.3, 0.4) is 0 Å². The van der Waals surface area contributed by atoms with Crippen molar-refractivity contribution in [2.24, 2.45) is 0 Å². The quantitative estimate of drug-likeness (QED) is 0.671. The zero-order chi connectivity index (χ0) is 18.5. The summed E-state index contributed by atoms with van der Waals surface area (Å²) in [7, 11) is 0. The third-order valence-electron chi connectivity index (χ3n) is 4.63. The highest BCUT2D eigenvalue weighted by Crippen LogP contribution is 2.27. The molecule has 1 aliphatic heterocycles. The second kappa shape index (κ2) is 8.23. The number of para-hydroxylation sites is 1. The van der Waals surface area contributed by atoms with E-state index in [0.717, 1.165) is 36.6 Å². The second-order valence-electron chi connectivity index (χ2n) is 6.75. The van der Waals surface area contributed by atoms with Crippen molar-refractivity contribution in [3.05, 3.63) is 95.3 Å². The summed E-state index contributed by atoms with van der Waals surface area (Å²) >= 11 is 0. The minimum atomic E-state index is -0.244. The summed E-state index contributed by atoms with van der Waals surface area (Å²) < 4.78 is 24.8. The van der Waals surface area contributed by atoms with E-state index in [1.807, 2.05) is 42.5 Å². The second-order valence-corrected chi connectivity index (χ2v) is 6.75. The van der Waals surface area contributed by atoms with E-state index < -0.39 is 0 Å². The summed E-state index contributed by atoms with van der Waals surface area (Å²) in [4.78, 5) is 0. The van der Waals surface area contributed by atoms with Gasteiger partial charge in [0, 0.05) is 19.5 Å². The van der Waals surface area contributed by atoms with Gasteiger partial charge in [0.15, 0.2) is 0 Å². The Labute approximate surface area is 158 Å². The van der Waals surface area contributed by atoms with Gasteiger partial charge in [0.05, 0.1) is 0 Å². The third-order valence-corrected chi connectivity index (χ3v) is 4.63. The molecule has 0 aliphatic carbocycles. The number of hydrogen-bond acceptors (Lipinski definition) is 3. The van der Waals surface area contributed by atoms with Crippen molar-refractivity contribution < 1.29 is 13.9 Å². The smallest absolute Gasteiger partial charge is 0.123 e. The van der Waals surface area contributed by atoms with Gasteiger partial charge in [-0.05, 0) is 47.0 Å². The topological polar surface area (TPSA) is 30.5 Å². The summed E-state index contributed by atoms with van der Waals surface area (Å²) in [5.74, 6) is 1.54. The van der Waals surface area contributed by atoms with Crippen LogP contribution in [0.2, 0.25) is 0 Å². The Morgan fingerprint density at radius 2 is 1.81 bits per heavy atom. The van der Waals surface area contributed by atoms with Gasteiger partial charge in [-0.25, -0.2) is 4.39 Å². The maximum atomic E-state index is 13.2. The van der Waals surface area contributed by atoms with Crippen molar-refractivity contribution in [3.8, 4) is 11.5 Å². The summed E-state index contributed by atoms with van der Waals surface area (Å²) in [5, 5.41) is 3.45. The van der Waals surface area contributed by atoms with Crippen molar-refractivity contribution in [1.82, 2.24) is 5.32 Å². The highest BCUT2D eigenvalue weighted by atomic mass is 19.1. The molecule has 138 valence electrons. The van der Waals surface area contributed by atoms with Crippen LogP contribution >= 0.6 is 0 Å². The molecule has 27 heavy (non-hydrogen) atoms. The van der Waals surface area contributed by atoms with Crippen LogP contribution in [0.5, 0.6) is 11.5 Å². The third kappa shape index (κ3) is 4.66. The van der Waals surface area contributed by atoms with Gasteiger partial charge >= 0.3 is 0 Å². The number of nitrogens with one attached hydrogen (secondary N) is 1. The predicted octanol–water partition coefficient (Wildman–Crippen LogP) is 4.50. The molecule has 1 N–H and O–H groups in total. The van der Waals surface area contributed by atoms with Gasteiger partial charge in [0.2, 0.25) is 0 Å². The Hall–Kier alpha value is -2.85. The average molecular weight is 363 g/mol. The van der Waals surface area contributed by atoms with Crippen LogP contribution in [0, 0.1) is 5.82 Å². The fourth-order valence-corrected chi connectivity index (χ4v) is 3.24. The molecular formula is C23H22FNO2. The Kier molecular flexibility index (Phi) is 5.35. The van der Waals surface area contributed by atoms with Crippen LogP contribution in [0.25, 0.3) is 0 Å². The van der Waals surface area contributed by atoms with Crippen LogP contribution < -0.4 is 14.8 Å². The van der Waals surface area contributed by atoms with E-state index in [1.54, 1.807) is 6.07 Å². The fraction of sp³-hybridized carbons (Fsp3) is 0.217. The van der Waals surface area contributed by atoms with Crippen LogP contribution in [0.4, 0.5) is 4.39 Å². The Morgan fingerprint density at radius 3 is 2.63 bits per heavy atom. The first kappa shape index (κ1) is 17.6. The molecule has 0 spiro atoms. The largest absolute Gasteiger partial charge is 0.489 e. The van der Waals surface area contributed by atoms with Crippen molar-refractivity contribution in [2.45, 2.75) is 25.7 Å². The average Bonchev–Trinajstić information content (AvgIpc) is 3.10. The molecule has 3 nitrogen and oxygen atoms in total. The van der Waals surface area contributed by atoms with Gasteiger partial charge < -0.3 is 14.8 Å². The molecule has 4 rings (SSSR count). The lowest BCUT2D eigenvalue weighted by Gasteiger charge is -2.12. The first-order valence-electron chi connectivity index (χ1n) is 9.18. The van der Waals surface area contributed by atoms with E-state index in [4.69, 9.17) is 9.47 Å². The first-order chi connectivity index (χ1) is 13.3. The van der Waals surface area contributed by atoms with Gasteiger partial charge in [-0.2, -0.15) is 0 Å². The van der Waals surface area contributed by atoms with Crippen LogP contribution in [0.1, 0.15) is 16.7 Å². The van der Waals surface area contributed by atoms with Crippen LogP contribution in [-0.4, -0.2) is 12.6 Å². The van der Waals surface area contributed by atoms with Gasteiger partial charge in [-0.1, -0.05) is 42.5 Å². The number of rotatable bonds is 7. The minimum Gasteiger partial charge on any atom is -0.489 e. The molecule has 1 heterocycles. The molecule has 0 bridgehead atoms. The monoisotopic (exact) mass is 363 g/mol. The Morgan fingerprint density at radius 1 is 0.963 bits per heavy atom. The Bertz CT molecular complexity index is 870. The molecule has 0 amide bonds. The molecule has 1 atom stereocenters. The van der Waals surface area contributed by atoms with Gasteiger partial charge in [0.1, 0.15) is 30.0 Å². The molecule has 0 aromatic heterocycles. The number of hydrogen-bond donors (Lipinski definition) is 1. The number of benzene rings is 3. The number of halogens is 1. The summed E-state index contributed by atoms with van der Waals surface area (Å²) in [6, 6.07) is 22.6. The van der Waals surface area contributed by atoms with Crippen molar-refractivity contribution in [1.29, 1.82) is 0 Å². The lowest BCUT2D eigenvalue weighted by molar-refractivity contribution is 0.227. The zero-order valence-electron chi connectivity index (χ0n) is 15.0. The maximum Gasteiger partial charge on any atom is 0.123 e. The first-order valence-corrected chi connectivity index (χ1v) is 9.18. The normalized spacial score (nSPS) is 15.2. The van der Waals surface area contributed by atoms with Crippen LogP contribution in [0.15, 0.2) is 72.8 Å². The van der Waals surface area contributed by atoms with Gasteiger partial charge in [-0.3, -0.25) is 0 Å². The summed E-state index contributed by atoms with van der Waals surface area (Å²) in [5.41, 5.74) is 3.28. The summed E-state index contributed by atoms with van der Waals surface area (Å²) in [6.07, 6.45) is 1.15. The molecule has 0 saturated heterocycles. The van der Waals surface area contributed by atoms with Gasteiger partial charge in [0.25, 0.3) is 0 Å². The van der Waals surface area contributed by atoms with E-state index in [0.29, 0.717) is 6.61 Å². The SMILES string of the molecule is Fc1cccc(COc2ccc(CNCC3Cc4ccccc4O3)cc2)c1. The molecule has 3 aromatic carbocycles. The maximum absolute atomic E-state index is 13.2. The fourth-order valence-electron chi connectivity index (χ4n) is 3.24. The molecule has 1 unspecified atom stereocenters. The van der Waals surface area contributed by atoms with E-state index in [1.165, 1.54) is 23.3 Å². The van der Waals surface area contributed by atoms with E-state index >= 15 is 0 Å². The van der Waals surface area contributed by atoms with Crippen molar-refractivity contribution in [3.63, 3.8) is 0 Å². The number of fused-ring (bicyclic) bond motifs is 1. The standard InChI is InChI=1S/C23H22FNO2/c24-20-6-3-4-18(12-20)16-26-21-10-8-17(9-11-21)14-25-15-22-13-19-5-1-2-7-23(19)27-22/h1-12,22,25H,13-16H2. The van der Waals surface area contributed by atoms with Gasteiger partial charge in [-0.15, -0.1) is 0 Å². The molecule has 3 aromatic rings. The Balaban J connectivity index is 1.22. The number of ether oxygens (including phenoxy) is 2. The molecule has 0 fully saturated rings. The molecule has 4 heteroatoms.